The molecular weight excluding hydrogens is 402 g/mol. The van der Waals surface area contributed by atoms with Gasteiger partial charge in [0, 0.05) is 11.3 Å². The van der Waals surface area contributed by atoms with Gasteiger partial charge in [-0.05, 0) is 43.5 Å². The van der Waals surface area contributed by atoms with Crippen molar-refractivity contribution in [3.05, 3.63) is 46.3 Å². The molecule has 0 bridgehead atoms. The molecular formula is C22H29N3O6. The van der Waals surface area contributed by atoms with Crippen LogP contribution in [0.25, 0.3) is 0 Å². The molecule has 0 atom stereocenters. The summed E-state index contributed by atoms with van der Waals surface area (Å²) < 4.78 is 15.7. The molecule has 1 heterocycles. The van der Waals surface area contributed by atoms with Gasteiger partial charge in [0.25, 0.3) is 11.8 Å². The van der Waals surface area contributed by atoms with Crippen molar-refractivity contribution in [1.82, 2.24) is 15.8 Å². The number of methoxy groups -OCH3 is 2. The molecule has 2 amide bonds. The number of unbranched alkanes of at least 4 members (excludes halogenated alkanes) is 1. The Bertz CT molecular complexity index is 951. The summed E-state index contributed by atoms with van der Waals surface area (Å²) in [7, 11) is 2.77. The van der Waals surface area contributed by atoms with Gasteiger partial charge in [0.1, 0.15) is 5.69 Å². The lowest BCUT2D eigenvalue weighted by molar-refractivity contribution is 0.0598. The Labute approximate surface area is 181 Å². The van der Waals surface area contributed by atoms with Gasteiger partial charge in [-0.15, -0.1) is 0 Å². The highest BCUT2D eigenvalue weighted by atomic mass is 16.5. The first-order chi connectivity index (χ1) is 14.9. The molecule has 3 N–H and O–H groups in total. The van der Waals surface area contributed by atoms with Gasteiger partial charge in [-0.3, -0.25) is 20.4 Å². The van der Waals surface area contributed by atoms with E-state index in [1.165, 1.54) is 20.3 Å². The number of carbonyl (C=O) groups excluding carboxylic acids is 3. The number of aromatic amines is 1. The molecule has 0 aliphatic carbocycles. The van der Waals surface area contributed by atoms with Gasteiger partial charge >= 0.3 is 5.97 Å². The first-order valence-electron chi connectivity index (χ1n) is 10.1. The Hall–Kier alpha value is -3.49. The maximum Gasteiger partial charge on any atom is 0.339 e. The number of aromatic nitrogens is 1. The van der Waals surface area contributed by atoms with Gasteiger partial charge in [0.2, 0.25) is 0 Å². The number of hydrogen-bond acceptors (Lipinski definition) is 6. The fourth-order valence-electron chi connectivity index (χ4n) is 3.03. The summed E-state index contributed by atoms with van der Waals surface area (Å²) >= 11 is 0. The number of H-pyrrole nitrogens is 1. The van der Waals surface area contributed by atoms with E-state index in [4.69, 9.17) is 14.2 Å². The zero-order valence-electron chi connectivity index (χ0n) is 18.5. The van der Waals surface area contributed by atoms with E-state index in [2.05, 4.69) is 22.8 Å². The van der Waals surface area contributed by atoms with Crippen LogP contribution < -0.4 is 20.3 Å². The van der Waals surface area contributed by atoms with E-state index in [-0.39, 0.29) is 11.3 Å². The Morgan fingerprint density at radius 3 is 2.35 bits per heavy atom. The molecule has 168 valence electrons. The first kappa shape index (κ1) is 23.8. The van der Waals surface area contributed by atoms with Crippen molar-refractivity contribution in [2.24, 2.45) is 0 Å². The average molecular weight is 431 g/mol. The molecule has 2 aromatic rings. The van der Waals surface area contributed by atoms with Crippen molar-refractivity contribution in [3.8, 4) is 11.5 Å². The summed E-state index contributed by atoms with van der Waals surface area (Å²) in [5.41, 5.74) is 6.55. The Morgan fingerprint density at radius 2 is 1.74 bits per heavy atom. The number of ether oxygens (including phenoxy) is 3. The zero-order chi connectivity index (χ0) is 23.0. The molecule has 0 aliphatic rings. The fraction of sp³-hybridized carbons (Fsp3) is 0.409. The lowest BCUT2D eigenvalue weighted by Crippen LogP contribution is -2.42. The monoisotopic (exact) mass is 431 g/mol. The number of aryl methyl sites for hydroxylation is 1. The molecule has 1 aromatic heterocycles. The maximum absolute atomic E-state index is 12.6. The number of hydrogen-bond donors (Lipinski definition) is 3. The van der Waals surface area contributed by atoms with Crippen LogP contribution in [0.5, 0.6) is 11.5 Å². The number of rotatable bonds is 9. The van der Waals surface area contributed by atoms with E-state index in [0.29, 0.717) is 41.3 Å². The molecule has 2 rings (SSSR count). The second-order valence-electron chi connectivity index (χ2n) is 6.80. The standard InChI is InChI=1S/C22H29N3O6/c1-6-8-11-31-16-10-9-14(12-17(16)29-4)20(26)24-25-21(27)19-13(3)18(22(28)30-5)15(7-2)23-19/h9-10,12,23H,6-8,11H2,1-5H3,(H,24,26)(H,25,27). The van der Waals surface area contributed by atoms with E-state index in [1.807, 2.05) is 6.92 Å². The van der Waals surface area contributed by atoms with Crippen molar-refractivity contribution < 1.29 is 28.6 Å². The molecule has 0 radical (unpaired) electrons. The normalized spacial score (nSPS) is 10.4. The third-order valence-electron chi connectivity index (χ3n) is 4.77. The van der Waals surface area contributed by atoms with Crippen LogP contribution in [0.15, 0.2) is 18.2 Å². The lowest BCUT2D eigenvalue weighted by Gasteiger charge is -2.12. The predicted molar refractivity (Wildman–Crippen MR) is 115 cm³/mol. The van der Waals surface area contributed by atoms with Crippen molar-refractivity contribution >= 4 is 17.8 Å². The number of amides is 2. The molecule has 0 saturated carbocycles. The molecule has 0 unspecified atom stereocenters. The molecule has 9 nitrogen and oxygen atoms in total. The molecule has 1 aromatic carbocycles. The second kappa shape index (κ2) is 11.1. The predicted octanol–water partition coefficient (Wildman–Crippen LogP) is 2.93. The summed E-state index contributed by atoms with van der Waals surface area (Å²) in [5.74, 6) is -0.671. The van der Waals surface area contributed by atoms with Crippen LogP contribution in [0.3, 0.4) is 0 Å². The van der Waals surface area contributed by atoms with Crippen molar-refractivity contribution in [3.63, 3.8) is 0 Å². The minimum atomic E-state index is -0.581. The highest BCUT2D eigenvalue weighted by Gasteiger charge is 2.24. The van der Waals surface area contributed by atoms with Crippen LogP contribution in [-0.2, 0) is 11.2 Å². The minimum Gasteiger partial charge on any atom is -0.493 e. The maximum atomic E-state index is 12.6. The molecule has 0 aliphatic heterocycles. The van der Waals surface area contributed by atoms with Gasteiger partial charge in [-0.1, -0.05) is 20.3 Å². The molecule has 0 fully saturated rings. The van der Waals surface area contributed by atoms with Crippen LogP contribution in [0.2, 0.25) is 0 Å². The second-order valence-corrected chi connectivity index (χ2v) is 6.80. The summed E-state index contributed by atoms with van der Waals surface area (Å²) in [4.78, 5) is 40.0. The topological polar surface area (TPSA) is 119 Å². The number of carbonyl (C=O) groups is 3. The lowest BCUT2D eigenvalue weighted by atomic mass is 10.1. The Kier molecular flexibility index (Phi) is 8.48. The number of esters is 1. The van der Waals surface area contributed by atoms with Gasteiger partial charge in [-0.25, -0.2) is 4.79 Å². The van der Waals surface area contributed by atoms with Crippen molar-refractivity contribution in [1.29, 1.82) is 0 Å². The van der Waals surface area contributed by atoms with Crippen LogP contribution in [0.1, 0.15) is 69.2 Å². The quantitative estimate of drug-likeness (QED) is 0.319. The molecule has 9 heteroatoms. The van der Waals surface area contributed by atoms with Gasteiger partial charge in [0.15, 0.2) is 11.5 Å². The summed E-state index contributed by atoms with van der Waals surface area (Å²) in [6.45, 7) is 6.11. The fourth-order valence-corrected chi connectivity index (χ4v) is 3.03. The highest BCUT2D eigenvalue weighted by Crippen LogP contribution is 2.28. The van der Waals surface area contributed by atoms with E-state index in [0.717, 1.165) is 12.8 Å². The molecule has 0 spiro atoms. The van der Waals surface area contributed by atoms with E-state index >= 15 is 0 Å². The Balaban J connectivity index is 2.10. The largest absolute Gasteiger partial charge is 0.493 e. The van der Waals surface area contributed by atoms with E-state index in [1.54, 1.807) is 19.1 Å². The van der Waals surface area contributed by atoms with Crippen molar-refractivity contribution in [2.75, 3.05) is 20.8 Å². The number of nitrogens with one attached hydrogen (secondary N) is 3. The van der Waals surface area contributed by atoms with Gasteiger partial charge in [0.05, 0.1) is 26.4 Å². The van der Waals surface area contributed by atoms with E-state index in [9.17, 15) is 14.4 Å². The first-order valence-corrected chi connectivity index (χ1v) is 10.1. The summed E-state index contributed by atoms with van der Waals surface area (Å²) in [6, 6.07) is 4.76. The molecule has 31 heavy (non-hydrogen) atoms. The summed E-state index contributed by atoms with van der Waals surface area (Å²) in [5, 5.41) is 0. The third kappa shape index (κ3) is 5.56. The Morgan fingerprint density at radius 1 is 1.03 bits per heavy atom. The van der Waals surface area contributed by atoms with Crippen LogP contribution >= 0.6 is 0 Å². The summed E-state index contributed by atoms with van der Waals surface area (Å²) in [6.07, 6.45) is 2.42. The SMILES string of the molecule is CCCCOc1ccc(C(=O)NNC(=O)c2[nH]c(CC)c(C(=O)OC)c2C)cc1OC. The van der Waals surface area contributed by atoms with Crippen LogP contribution in [0.4, 0.5) is 0 Å². The third-order valence-corrected chi connectivity index (χ3v) is 4.77. The van der Waals surface area contributed by atoms with Gasteiger partial charge < -0.3 is 19.2 Å². The smallest absolute Gasteiger partial charge is 0.339 e. The molecule has 0 saturated heterocycles. The average Bonchev–Trinajstić information content (AvgIpc) is 3.13. The van der Waals surface area contributed by atoms with Crippen molar-refractivity contribution in [2.45, 2.75) is 40.0 Å². The van der Waals surface area contributed by atoms with E-state index < -0.39 is 17.8 Å². The van der Waals surface area contributed by atoms with Crippen LogP contribution in [0, 0.1) is 6.92 Å². The minimum absolute atomic E-state index is 0.176. The number of hydrazine groups is 1. The van der Waals surface area contributed by atoms with Gasteiger partial charge in [-0.2, -0.15) is 0 Å². The highest BCUT2D eigenvalue weighted by molar-refractivity contribution is 6.02. The number of benzene rings is 1. The zero-order valence-corrected chi connectivity index (χ0v) is 18.5. The van der Waals surface area contributed by atoms with Crippen LogP contribution in [-0.4, -0.2) is 43.6 Å².